The number of rotatable bonds is 5. The smallest absolute Gasteiger partial charge is 0.129 e. The fraction of sp³-hybridized carbons (Fsp3) is 0.267. The predicted molar refractivity (Wildman–Crippen MR) is 80.8 cm³/mol. The fourth-order valence-electron chi connectivity index (χ4n) is 2.09. The first kappa shape index (κ1) is 15.1. The zero-order valence-electron chi connectivity index (χ0n) is 11.0. The third kappa shape index (κ3) is 3.63. The van der Waals surface area contributed by atoms with Crippen LogP contribution >= 0.6 is 23.2 Å². The lowest BCUT2D eigenvalue weighted by molar-refractivity contribution is 0.264. The molecule has 2 rings (SSSR count). The highest BCUT2D eigenvalue weighted by Gasteiger charge is 2.16. The normalized spacial score (nSPS) is 12.2. The summed E-state index contributed by atoms with van der Waals surface area (Å²) in [6.07, 6.45) is 2.28. The Hall–Kier alpha value is -1.29. The Bertz CT molecular complexity index is 590. The standard InChI is InChI=1S/C15H15Cl2NO2/c1-20-12-2-3-14(16)13(8-12)11(9-19)6-10-4-5-18-15(17)7-10/h2-5,7-8,11,19H,6,9H2,1H3. The van der Waals surface area contributed by atoms with E-state index in [4.69, 9.17) is 27.9 Å². The molecule has 0 bridgehead atoms. The van der Waals surface area contributed by atoms with Gasteiger partial charge >= 0.3 is 0 Å². The maximum atomic E-state index is 9.65. The van der Waals surface area contributed by atoms with E-state index in [1.165, 1.54) is 0 Å². The molecule has 0 radical (unpaired) electrons. The Kier molecular flexibility index (Phi) is 5.24. The van der Waals surface area contributed by atoms with E-state index in [1.807, 2.05) is 12.1 Å². The molecule has 106 valence electrons. The molecule has 1 heterocycles. The van der Waals surface area contributed by atoms with Crippen molar-refractivity contribution in [2.75, 3.05) is 13.7 Å². The second-order valence-electron chi connectivity index (χ2n) is 4.46. The van der Waals surface area contributed by atoms with Crippen LogP contribution in [0.2, 0.25) is 10.2 Å². The van der Waals surface area contributed by atoms with Gasteiger partial charge < -0.3 is 9.84 Å². The molecule has 0 aliphatic rings. The van der Waals surface area contributed by atoms with Gasteiger partial charge in [0.1, 0.15) is 10.9 Å². The summed E-state index contributed by atoms with van der Waals surface area (Å²) in [7, 11) is 1.60. The number of aliphatic hydroxyl groups excluding tert-OH is 1. The van der Waals surface area contributed by atoms with Crippen LogP contribution in [0.4, 0.5) is 0 Å². The van der Waals surface area contributed by atoms with Gasteiger partial charge in [0.15, 0.2) is 0 Å². The Balaban J connectivity index is 2.28. The molecule has 3 nitrogen and oxygen atoms in total. The first-order valence-electron chi connectivity index (χ1n) is 6.18. The second-order valence-corrected chi connectivity index (χ2v) is 5.25. The first-order valence-corrected chi connectivity index (χ1v) is 6.94. The maximum absolute atomic E-state index is 9.65. The van der Waals surface area contributed by atoms with E-state index in [0.29, 0.717) is 16.6 Å². The number of nitrogens with zero attached hydrogens (tertiary/aromatic N) is 1. The summed E-state index contributed by atoms with van der Waals surface area (Å²) in [5.74, 6) is 0.603. The highest BCUT2D eigenvalue weighted by molar-refractivity contribution is 6.31. The molecular formula is C15H15Cl2NO2. The quantitative estimate of drug-likeness (QED) is 0.856. The summed E-state index contributed by atoms with van der Waals surface area (Å²) >= 11 is 12.1. The summed E-state index contributed by atoms with van der Waals surface area (Å²) in [5.41, 5.74) is 1.87. The van der Waals surface area contributed by atoms with Gasteiger partial charge in [0, 0.05) is 17.1 Å². The average Bonchev–Trinajstić information content (AvgIpc) is 2.46. The Morgan fingerprint density at radius 1 is 1.25 bits per heavy atom. The number of methoxy groups -OCH3 is 1. The lowest BCUT2D eigenvalue weighted by atomic mass is 9.93. The average molecular weight is 312 g/mol. The summed E-state index contributed by atoms with van der Waals surface area (Å²) in [4.78, 5) is 3.95. The van der Waals surface area contributed by atoms with Crippen LogP contribution in [0.25, 0.3) is 0 Å². The zero-order chi connectivity index (χ0) is 14.5. The number of halogens is 2. The molecule has 1 unspecified atom stereocenters. The molecule has 0 aliphatic heterocycles. The highest BCUT2D eigenvalue weighted by Crippen LogP contribution is 2.31. The van der Waals surface area contributed by atoms with Crippen LogP contribution in [0.1, 0.15) is 17.0 Å². The number of pyridine rings is 1. The third-order valence-corrected chi connectivity index (χ3v) is 3.69. The molecule has 0 saturated carbocycles. The van der Waals surface area contributed by atoms with Crippen molar-refractivity contribution in [2.24, 2.45) is 0 Å². The van der Waals surface area contributed by atoms with Gasteiger partial charge in [-0.1, -0.05) is 23.2 Å². The Morgan fingerprint density at radius 2 is 2.05 bits per heavy atom. The minimum absolute atomic E-state index is 0.00711. The van der Waals surface area contributed by atoms with Crippen molar-refractivity contribution in [3.63, 3.8) is 0 Å². The number of aromatic nitrogens is 1. The van der Waals surface area contributed by atoms with E-state index < -0.39 is 0 Å². The zero-order valence-corrected chi connectivity index (χ0v) is 12.5. The van der Waals surface area contributed by atoms with E-state index in [0.717, 1.165) is 16.9 Å². The van der Waals surface area contributed by atoms with Crippen LogP contribution in [0, 0.1) is 0 Å². The molecule has 0 amide bonds. The highest BCUT2D eigenvalue weighted by atomic mass is 35.5. The monoisotopic (exact) mass is 311 g/mol. The Labute approximate surface area is 128 Å². The molecular weight excluding hydrogens is 297 g/mol. The number of hydrogen-bond acceptors (Lipinski definition) is 3. The van der Waals surface area contributed by atoms with E-state index in [2.05, 4.69) is 4.98 Å². The minimum atomic E-state index is -0.115. The number of aliphatic hydroxyl groups is 1. The molecule has 1 aromatic carbocycles. The van der Waals surface area contributed by atoms with Crippen LogP contribution in [-0.2, 0) is 6.42 Å². The maximum Gasteiger partial charge on any atom is 0.129 e. The number of benzene rings is 1. The Morgan fingerprint density at radius 3 is 2.70 bits per heavy atom. The molecule has 0 saturated heterocycles. The van der Waals surface area contributed by atoms with E-state index in [1.54, 1.807) is 31.5 Å². The first-order chi connectivity index (χ1) is 9.63. The molecule has 5 heteroatoms. The van der Waals surface area contributed by atoms with Gasteiger partial charge in [0.2, 0.25) is 0 Å². The van der Waals surface area contributed by atoms with E-state index in [9.17, 15) is 5.11 Å². The molecule has 1 N–H and O–H groups in total. The van der Waals surface area contributed by atoms with E-state index in [-0.39, 0.29) is 12.5 Å². The van der Waals surface area contributed by atoms with Gasteiger partial charge in [-0.25, -0.2) is 4.98 Å². The predicted octanol–water partition coefficient (Wildman–Crippen LogP) is 3.72. The van der Waals surface area contributed by atoms with Gasteiger partial charge in [0.25, 0.3) is 0 Å². The summed E-state index contributed by atoms with van der Waals surface area (Å²) in [6, 6.07) is 9.09. The number of ether oxygens (including phenoxy) is 1. The summed E-state index contributed by atoms with van der Waals surface area (Å²) in [6.45, 7) is -0.00711. The van der Waals surface area contributed by atoms with Crippen molar-refractivity contribution in [1.29, 1.82) is 0 Å². The van der Waals surface area contributed by atoms with Gasteiger partial charge in [0.05, 0.1) is 13.7 Å². The SMILES string of the molecule is COc1ccc(Cl)c(C(CO)Cc2ccnc(Cl)c2)c1. The minimum Gasteiger partial charge on any atom is -0.497 e. The van der Waals surface area contributed by atoms with Gasteiger partial charge in [-0.15, -0.1) is 0 Å². The molecule has 20 heavy (non-hydrogen) atoms. The van der Waals surface area contributed by atoms with Crippen molar-refractivity contribution < 1.29 is 9.84 Å². The molecule has 0 spiro atoms. The van der Waals surface area contributed by atoms with Crippen molar-refractivity contribution in [1.82, 2.24) is 4.98 Å². The fourth-order valence-corrected chi connectivity index (χ4v) is 2.56. The van der Waals surface area contributed by atoms with Crippen LogP contribution in [0.5, 0.6) is 5.75 Å². The van der Waals surface area contributed by atoms with Gasteiger partial charge in [-0.2, -0.15) is 0 Å². The van der Waals surface area contributed by atoms with Crippen molar-refractivity contribution >= 4 is 23.2 Å². The molecule has 0 fully saturated rings. The number of hydrogen-bond donors (Lipinski definition) is 1. The van der Waals surface area contributed by atoms with Crippen LogP contribution in [0.15, 0.2) is 36.5 Å². The summed E-state index contributed by atoms with van der Waals surface area (Å²) < 4.78 is 5.20. The lowest BCUT2D eigenvalue weighted by Crippen LogP contribution is -2.09. The second kappa shape index (κ2) is 6.93. The summed E-state index contributed by atoms with van der Waals surface area (Å²) in [5, 5.41) is 10.7. The van der Waals surface area contributed by atoms with Crippen molar-refractivity contribution in [2.45, 2.75) is 12.3 Å². The molecule has 1 aromatic heterocycles. The largest absolute Gasteiger partial charge is 0.497 e. The van der Waals surface area contributed by atoms with Crippen molar-refractivity contribution in [3.8, 4) is 5.75 Å². The van der Waals surface area contributed by atoms with Gasteiger partial charge in [-0.05, 0) is 47.9 Å². The molecule has 0 aliphatic carbocycles. The van der Waals surface area contributed by atoms with Crippen LogP contribution in [0.3, 0.4) is 0 Å². The van der Waals surface area contributed by atoms with Crippen molar-refractivity contribution in [3.05, 3.63) is 57.8 Å². The van der Waals surface area contributed by atoms with E-state index >= 15 is 0 Å². The molecule has 1 atom stereocenters. The molecule has 2 aromatic rings. The third-order valence-electron chi connectivity index (χ3n) is 3.14. The van der Waals surface area contributed by atoms with Crippen LogP contribution < -0.4 is 4.74 Å². The van der Waals surface area contributed by atoms with Crippen LogP contribution in [-0.4, -0.2) is 23.8 Å². The van der Waals surface area contributed by atoms with Gasteiger partial charge in [-0.3, -0.25) is 0 Å². The topological polar surface area (TPSA) is 42.4 Å². The lowest BCUT2D eigenvalue weighted by Gasteiger charge is -2.17.